The van der Waals surface area contributed by atoms with Crippen LogP contribution in [-0.2, 0) is 0 Å². The summed E-state index contributed by atoms with van der Waals surface area (Å²) in [5.74, 6) is 0.958. The van der Waals surface area contributed by atoms with Gasteiger partial charge in [-0.3, -0.25) is 0 Å². The lowest BCUT2D eigenvalue weighted by atomic mass is 9.76. The Bertz CT molecular complexity index is 173. The summed E-state index contributed by atoms with van der Waals surface area (Å²) in [6, 6.07) is 0.786. The average molecular weight is 182 g/mol. The molecular weight excluding hydrogens is 160 g/mol. The maximum Gasteiger partial charge on any atom is 0.0280 e. The van der Waals surface area contributed by atoms with Crippen LogP contribution in [-0.4, -0.2) is 18.1 Å². The van der Waals surface area contributed by atoms with Crippen molar-refractivity contribution in [2.45, 2.75) is 57.0 Å². The second kappa shape index (κ2) is 3.58. The first-order valence-corrected chi connectivity index (χ1v) is 5.70. The van der Waals surface area contributed by atoms with E-state index >= 15 is 0 Å². The van der Waals surface area contributed by atoms with E-state index in [-0.39, 0.29) is 5.54 Å². The van der Waals surface area contributed by atoms with Crippen LogP contribution in [0.4, 0.5) is 0 Å². The van der Waals surface area contributed by atoms with Crippen molar-refractivity contribution >= 4 is 0 Å². The van der Waals surface area contributed by atoms with Crippen molar-refractivity contribution in [2.75, 3.05) is 6.54 Å². The van der Waals surface area contributed by atoms with E-state index in [0.29, 0.717) is 0 Å². The molecule has 1 atom stereocenters. The van der Waals surface area contributed by atoms with Gasteiger partial charge in [-0.05, 0) is 32.1 Å². The molecule has 13 heavy (non-hydrogen) atoms. The molecule has 0 radical (unpaired) electrons. The van der Waals surface area contributed by atoms with Gasteiger partial charge in [0.05, 0.1) is 0 Å². The molecule has 3 N–H and O–H groups in total. The van der Waals surface area contributed by atoms with Crippen LogP contribution in [0.2, 0.25) is 0 Å². The zero-order valence-corrected chi connectivity index (χ0v) is 8.68. The number of nitrogens with one attached hydrogen (secondary N) is 1. The first-order valence-electron chi connectivity index (χ1n) is 5.70. The van der Waals surface area contributed by atoms with Gasteiger partial charge in [0, 0.05) is 18.1 Å². The third kappa shape index (κ3) is 2.44. The average Bonchev–Trinajstić information content (AvgIpc) is 2.81. The summed E-state index contributed by atoms with van der Waals surface area (Å²) >= 11 is 0. The molecule has 0 aromatic heterocycles. The second-order valence-corrected chi connectivity index (χ2v) is 5.18. The summed E-state index contributed by atoms with van der Waals surface area (Å²) in [5.41, 5.74) is 6.08. The van der Waals surface area contributed by atoms with Crippen molar-refractivity contribution in [3.63, 3.8) is 0 Å². The monoisotopic (exact) mass is 182 g/mol. The van der Waals surface area contributed by atoms with Crippen LogP contribution in [0.3, 0.4) is 0 Å². The Morgan fingerprint density at radius 1 is 1.31 bits per heavy atom. The summed E-state index contributed by atoms with van der Waals surface area (Å²) in [4.78, 5) is 0. The quantitative estimate of drug-likeness (QED) is 0.678. The highest BCUT2D eigenvalue weighted by Gasteiger charge is 2.34. The molecule has 0 aliphatic heterocycles. The lowest BCUT2D eigenvalue weighted by Gasteiger charge is -2.37. The van der Waals surface area contributed by atoms with Gasteiger partial charge >= 0.3 is 0 Å². The van der Waals surface area contributed by atoms with Crippen molar-refractivity contribution in [3.8, 4) is 0 Å². The normalized spacial score (nSPS) is 28.2. The molecule has 0 amide bonds. The van der Waals surface area contributed by atoms with Gasteiger partial charge in [-0.25, -0.2) is 0 Å². The largest absolute Gasteiger partial charge is 0.329 e. The Labute approximate surface area is 81.3 Å². The van der Waals surface area contributed by atoms with Gasteiger partial charge in [-0.15, -0.1) is 0 Å². The summed E-state index contributed by atoms with van der Waals surface area (Å²) in [7, 11) is 0. The van der Waals surface area contributed by atoms with Crippen molar-refractivity contribution in [1.82, 2.24) is 5.32 Å². The Morgan fingerprint density at radius 2 is 2.00 bits per heavy atom. The second-order valence-electron chi connectivity index (χ2n) is 5.18. The Hall–Kier alpha value is -0.0800. The molecule has 2 aliphatic carbocycles. The van der Waals surface area contributed by atoms with Crippen LogP contribution < -0.4 is 11.1 Å². The molecule has 2 saturated carbocycles. The van der Waals surface area contributed by atoms with E-state index in [0.717, 1.165) is 18.5 Å². The minimum absolute atomic E-state index is 0.228. The van der Waals surface area contributed by atoms with E-state index in [2.05, 4.69) is 12.2 Å². The van der Waals surface area contributed by atoms with E-state index in [1.165, 1.54) is 38.5 Å². The lowest BCUT2D eigenvalue weighted by molar-refractivity contribution is 0.206. The van der Waals surface area contributed by atoms with Crippen molar-refractivity contribution < 1.29 is 0 Å². The van der Waals surface area contributed by atoms with Gasteiger partial charge in [-0.2, -0.15) is 0 Å². The third-order valence-corrected chi connectivity index (χ3v) is 3.54. The van der Waals surface area contributed by atoms with Gasteiger partial charge in [-0.1, -0.05) is 19.3 Å². The van der Waals surface area contributed by atoms with Crippen LogP contribution in [0.5, 0.6) is 0 Å². The first kappa shape index (κ1) is 9.47. The maximum atomic E-state index is 5.85. The van der Waals surface area contributed by atoms with Crippen LogP contribution in [0.15, 0.2) is 0 Å². The van der Waals surface area contributed by atoms with Crippen molar-refractivity contribution in [3.05, 3.63) is 0 Å². The number of hydrogen-bond acceptors (Lipinski definition) is 2. The third-order valence-electron chi connectivity index (χ3n) is 3.54. The van der Waals surface area contributed by atoms with Crippen molar-refractivity contribution in [2.24, 2.45) is 11.7 Å². The molecule has 2 aliphatic rings. The van der Waals surface area contributed by atoms with Crippen LogP contribution >= 0.6 is 0 Å². The molecule has 1 unspecified atom stereocenters. The fourth-order valence-electron chi connectivity index (χ4n) is 2.26. The fraction of sp³-hybridized carbons (Fsp3) is 1.00. The van der Waals surface area contributed by atoms with Crippen LogP contribution in [0.25, 0.3) is 0 Å². The van der Waals surface area contributed by atoms with Crippen LogP contribution in [0.1, 0.15) is 45.4 Å². The van der Waals surface area contributed by atoms with Crippen molar-refractivity contribution in [1.29, 1.82) is 0 Å². The van der Waals surface area contributed by atoms with E-state index in [9.17, 15) is 0 Å². The van der Waals surface area contributed by atoms with Gasteiger partial charge in [0.25, 0.3) is 0 Å². The van der Waals surface area contributed by atoms with E-state index in [4.69, 9.17) is 5.73 Å². The molecule has 0 heterocycles. The molecule has 2 rings (SSSR count). The van der Waals surface area contributed by atoms with Gasteiger partial charge in [0.2, 0.25) is 0 Å². The maximum absolute atomic E-state index is 5.85. The van der Waals surface area contributed by atoms with E-state index < -0.39 is 0 Å². The minimum atomic E-state index is 0.228. The van der Waals surface area contributed by atoms with Gasteiger partial charge in [0.15, 0.2) is 0 Å². The minimum Gasteiger partial charge on any atom is -0.329 e. The van der Waals surface area contributed by atoms with E-state index in [1.54, 1.807) is 0 Å². The summed E-state index contributed by atoms with van der Waals surface area (Å²) < 4.78 is 0. The molecule has 0 bridgehead atoms. The SMILES string of the molecule is CC(CN)(CC1CCC1)NC1CC1. The highest BCUT2D eigenvalue weighted by molar-refractivity contribution is 4.95. The lowest BCUT2D eigenvalue weighted by Crippen LogP contribution is -2.51. The number of rotatable bonds is 5. The molecule has 76 valence electrons. The summed E-state index contributed by atoms with van der Waals surface area (Å²) in [6.45, 7) is 3.09. The Kier molecular flexibility index (Phi) is 2.61. The number of nitrogens with two attached hydrogens (primary N) is 1. The summed E-state index contributed by atoms with van der Waals surface area (Å²) in [6.07, 6.45) is 8.32. The molecule has 0 aromatic carbocycles. The molecule has 2 heteroatoms. The van der Waals surface area contributed by atoms with Gasteiger partial charge < -0.3 is 11.1 Å². The molecule has 0 saturated heterocycles. The first-order chi connectivity index (χ1) is 6.22. The van der Waals surface area contributed by atoms with Crippen LogP contribution in [0, 0.1) is 5.92 Å². The topological polar surface area (TPSA) is 38.0 Å². The molecular formula is C11H22N2. The molecule has 0 aromatic rings. The molecule has 2 nitrogen and oxygen atoms in total. The Morgan fingerprint density at radius 3 is 2.38 bits per heavy atom. The fourth-order valence-corrected chi connectivity index (χ4v) is 2.26. The predicted octanol–water partition coefficient (Wildman–Crippen LogP) is 1.65. The predicted molar refractivity (Wildman–Crippen MR) is 55.6 cm³/mol. The van der Waals surface area contributed by atoms with Gasteiger partial charge in [0.1, 0.15) is 0 Å². The Balaban J connectivity index is 1.80. The number of hydrogen-bond donors (Lipinski definition) is 2. The zero-order valence-electron chi connectivity index (χ0n) is 8.68. The summed E-state index contributed by atoms with van der Waals surface area (Å²) in [5, 5.41) is 3.69. The highest BCUT2D eigenvalue weighted by Crippen LogP contribution is 2.34. The molecule has 0 spiro atoms. The zero-order chi connectivity index (χ0) is 9.31. The standard InChI is InChI=1S/C11H22N2/c1-11(8-12,13-10-5-6-10)7-9-3-2-4-9/h9-10,13H,2-8,12H2,1H3. The smallest absolute Gasteiger partial charge is 0.0280 e. The highest BCUT2D eigenvalue weighted by atomic mass is 15.0. The van der Waals surface area contributed by atoms with E-state index in [1.807, 2.05) is 0 Å². The molecule has 2 fully saturated rings.